The molecule has 0 spiro atoms. The molecule has 1 aromatic heterocycles. The summed E-state index contributed by atoms with van der Waals surface area (Å²) in [4.78, 5) is 0. The second-order valence-corrected chi connectivity index (χ2v) is 3.84. The van der Waals surface area contributed by atoms with Crippen LogP contribution in [0.1, 0.15) is 11.3 Å². The fraction of sp³-hybridized carbons (Fsp3) is 0.286. The van der Waals surface area contributed by atoms with Crippen LogP contribution in [0.2, 0.25) is 0 Å². The van der Waals surface area contributed by atoms with Crippen LogP contribution in [0, 0.1) is 0 Å². The number of halogens is 1. The van der Waals surface area contributed by atoms with E-state index >= 15 is 0 Å². The van der Waals surface area contributed by atoms with E-state index in [2.05, 4.69) is 5.32 Å². The molecule has 5 heteroatoms. The van der Waals surface area contributed by atoms with Gasteiger partial charge < -0.3 is 31.6 Å². The van der Waals surface area contributed by atoms with Crippen LogP contribution < -0.4 is 27.2 Å². The highest BCUT2D eigenvalue weighted by Crippen LogP contribution is 2.30. The van der Waals surface area contributed by atoms with Gasteiger partial charge >= 0.3 is 0 Å². The van der Waals surface area contributed by atoms with E-state index in [0.29, 0.717) is 13.1 Å². The molecule has 0 atom stereocenters. The van der Waals surface area contributed by atoms with Crippen molar-refractivity contribution in [2.24, 2.45) is 0 Å². The van der Waals surface area contributed by atoms with Gasteiger partial charge in [-0.2, -0.15) is 0 Å². The summed E-state index contributed by atoms with van der Waals surface area (Å²) < 4.78 is 15.9. The van der Waals surface area contributed by atoms with Gasteiger partial charge in [0.15, 0.2) is 11.5 Å². The average Bonchev–Trinajstić information content (AvgIpc) is 2.91. The molecular weight excluding hydrogens is 266 g/mol. The molecule has 0 bridgehead atoms. The summed E-state index contributed by atoms with van der Waals surface area (Å²) in [5.41, 5.74) is 1.06. The third-order valence-electron chi connectivity index (χ3n) is 2.68. The summed E-state index contributed by atoms with van der Waals surface area (Å²) in [6.07, 6.45) is 1.67. The lowest BCUT2D eigenvalue weighted by Crippen LogP contribution is -3.00. The Kier molecular flexibility index (Phi) is 6.25. The lowest BCUT2D eigenvalue weighted by molar-refractivity contribution is -0.00000473. The number of benzene rings is 1. The lowest BCUT2D eigenvalue weighted by atomic mass is 10.2. The number of hydrogen-bond acceptors (Lipinski definition) is 4. The maximum Gasteiger partial charge on any atom is 0.165 e. The molecule has 0 amide bonds. The zero-order chi connectivity index (χ0) is 12.8. The second kappa shape index (κ2) is 7.71. The zero-order valence-electron chi connectivity index (χ0n) is 11.0. The molecule has 1 N–H and O–H groups in total. The topological polar surface area (TPSA) is 43.6 Å². The molecule has 0 aliphatic heterocycles. The fourth-order valence-corrected chi connectivity index (χ4v) is 1.83. The molecule has 0 fully saturated rings. The second-order valence-electron chi connectivity index (χ2n) is 3.84. The van der Waals surface area contributed by atoms with Crippen molar-refractivity contribution in [1.29, 1.82) is 0 Å². The van der Waals surface area contributed by atoms with Gasteiger partial charge in [-0.3, -0.25) is 0 Å². The molecule has 2 rings (SSSR count). The SMILES string of the molecule is COc1cccc(CNCc2ccco2)c1OC.[Cl-]. The van der Waals surface area contributed by atoms with E-state index in [1.54, 1.807) is 20.5 Å². The molecule has 1 heterocycles. The predicted molar refractivity (Wildman–Crippen MR) is 68.8 cm³/mol. The Morgan fingerprint density at radius 1 is 1.05 bits per heavy atom. The van der Waals surface area contributed by atoms with Gasteiger partial charge in [0.1, 0.15) is 5.76 Å². The first-order valence-electron chi connectivity index (χ1n) is 5.78. The van der Waals surface area contributed by atoms with Gasteiger partial charge in [0.05, 0.1) is 27.0 Å². The van der Waals surface area contributed by atoms with Crippen LogP contribution in [0.15, 0.2) is 41.0 Å². The molecule has 0 saturated carbocycles. The van der Waals surface area contributed by atoms with E-state index in [-0.39, 0.29) is 12.4 Å². The third-order valence-corrected chi connectivity index (χ3v) is 2.68. The normalized spacial score (nSPS) is 9.79. The quantitative estimate of drug-likeness (QED) is 0.782. The van der Waals surface area contributed by atoms with Crippen molar-refractivity contribution >= 4 is 0 Å². The van der Waals surface area contributed by atoms with Crippen LogP contribution in [0.5, 0.6) is 11.5 Å². The van der Waals surface area contributed by atoms with Gasteiger partial charge in [0.25, 0.3) is 0 Å². The van der Waals surface area contributed by atoms with Gasteiger partial charge in [-0.15, -0.1) is 0 Å². The molecular formula is C14H17ClNO3-. The number of methoxy groups -OCH3 is 2. The predicted octanol–water partition coefficient (Wildman–Crippen LogP) is -0.409. The van der Waals surface area contributed by atoms with Crippen molar-refractivity contribution in [2.75, 3.05) is 14.2 Å². The van der Waals surface area contributed by atoms with Crippen LogP contribution in [-0.2, 0) is 13.1 Å². The first kappa shape index (κ1) is 15.4. The standard InChI is InChI=1S/C14H17NO3.ClH/c1-16-13-7-3-5-11(14(13)17-2)9-15-10-12-6-4-8-18-12;/h3-8,15H,9-10H2,1-2H3;1H/p-1. The maximum atomic E-state index is 5.37. The Morgan fingerprint density at radius 3 is 2.53 bits per heavy atom. The first-order chi connectivity index (χ1) is 8.85. The van der Waals surface area contributed by atoms with Crippen LogP contribution >= 0.6 is 0 Å². The third kappa shape index (κ3) is 3.91. The number of nitrogens with one attached hydrogen (secondary N) is 1. The zero-order valence-corrected chi connectivity index (χ0v) is 11.7. The van der Waals surface area contributed by atoms with Gasteiger partial charge in [0.2, 0.25) is 0 Å². The van der Waals surface area contributed by atoms with Crippen molar-refractivity contribution in [1.82, 2.24) is 5.32 Å². The Bertz CT molecular complexity index is 485. The molecule has 0 aliphatic rings. The van der Waals surface area contributed by atoms with E-state index < -0.39 is 0 Å². The summed E-state index contributed by atoms with van der Waals surface area (Å²) in [7, 11) is 3.28. The van der Waals surface area contributed by atoms with Gasteiger partial charge in [-0.1, -0.05) is 12.1 Å². The van der Waals surface area contributed by atoms with Crippen LogP contribution in [-0.4, -0.2) is 14.2 Å². The van der Waals surface area contributed by atoms with Gasteiger partial charge in [-0.25, -0.2) is 0 Å². The number of hydrogen-bond donors (Lipinski definition) is 1. The Morgan fingerprint density at radius 2 is 1.89 bits per heavy atom. The molecule has 1 aromatic carbocycles. The highest BCUT2D eigenvalue weighted by molar-refractivity contribution is 5.46. The Hall–Kier alpha value is -1.65. The molecule has 2 aromatic rings. The molecule has 0 aliphatic carbocycles. The Balaban J connectivity index is 0.00000180. The molecule has 19 heavy (non-hydrogen) atoms. The largest absolute Gasteiger partial charge is 1.00 e. The smallest absolute Gasteiger partial charge is 0.165 e. The fourth-order valence-electron chi connectivity index (χ4n) is 1.83. The summed E-state index contributed by atoms with van der Waals surface area (Å²) in [6, 6.07) is 9.66. The van der Waals surface area contributed by atoms with E-state index in [4.69, 9.17) is 13.9 Å². The minimum absolute atomic E-state index is 0. The monoisotopic (exact) mass is 282 g/mol. The summed E-state index contributed by atoms with van der Waals surface area (Å²) in [6.45, 7) is 1.38. The van der Waals surface area contributed by atoms with E-state index in [0.717, 1.165) is 22.8 Å². The van der Waals surface area contributed by atoms with E-state index in [1.807, 2.05) is 30.3 Å². The van der Waals surface area contributed by atoms with Crippen molar-refractivity contribution < 1.29 is 26.3 Å². The van der Waals surface area contributed by atoms with Gasteiger partial charge in [0, 0.05) is 12.1 Å². The molecule has 4 nitrogen and oxygen atoms in total. The highest BCUT2D eigenvalue weighted by Gasteiger charge is 2.08. The summed E-state index contributed by atoms with van der Waals surface area (Å²) >= 11 is 0. The molecule has 0 unspecified atom stereocenters. The summed E-state index contributed by atoms with van der Waals surface area (Å²) in [5, 5.41) is 3.30. The van der Waals surface area contributed by atoms with Crippen molar-refractivity contribution in [3.05, 3.63) is 47.9 Å². The van der Waals surface area contributed by atoms with Crippen LogP contribution in [0.25, 0.3) is 0 Å². The number of furan rings is 1. The number of rotatable bonds is 6. The minimum atomic E-state index is 0. The van der Waals surface area contributed by atoms with E-state index in [9.17, 15) is 0 Å². The minimum Gasteiger partial charge on any atom is -1.00 e. The van der Waals surface area contributed by atoms with Gasteiger partial charge in [-0.05, 0) is 18.2 Å². The van der Waals surface area contributed by atoms with Crippen LogP contribution in [0.3, 0.4) is 0 Å². The van der Waals surface area contributed by atoms with Crippen molar-refractivity contribution in [2.45, 2.75) is 13.1 Å². The summed E-state index contributed by atoms with van der Waals surface area (Å²) in [5.74, 6) is 2.43. The maximum absolute atomic E-state index is 5.37. The van der Waals surface area contributed by atoms with E-state index in [1.165, 1.54) is 0 Å². The number of para-hydroxylation sites is 1. The molecule has 0 saturated heterocycles. The molecule has 104 valence electrons. The lowest BCUT2D eigenvalue weighted by Gasteiger charge is -2.12. The van der Waals surface area contributed by atoms with Crippen LogP contribution in [0.4, 0.5) is 0 Å². The molecule has 0 radical (unpaired) electrons. The van der Waals surface area contributed by atoms with Crippen molar-refractivity contribution in [3.63, 3.8) is 0 Å². The first-order valence-corrected chi connectivity index (χ1v) is 5.78. The number of ether oxygens (including phenoxy) is 2. The Labute approximate surface area is 119 Å². The average molecular weight is 283 g/mol. The highest BCUT2D eigenvalue weighted by atomic mass is 35.5. The van der Waals surface area contributed by atoms with Crippen molar-refractivity contribution in [3.8, 4) is 11.5 Å².